The lowest BCUT2D eigenvalue weighted by atomic mass is 10.2. The Hall–Kier alpha value is -1.19. The number of hydrogen-bond acceptors (Lipinski definition) is 5. The molecular formula is C9H10BrN3O4S. The van der Waals surface area contributed by atoms with Gasteiger partial charge in [0.15, 0.2) is 5.13 Å². The van der Waals surface area contributed by atoms with Crippen LogP contribution in [0.3, 0.4) is 0 Å². The zero-order chi connectivity index (χ0) is 13.3. The van der Waals surface area contributed by atoms with Gasteiger partial charge in [-0.1, -0.05) is 11.3 Å². The van der Waals surface area contributed by atoms with E-state index in [2.05, 4.69) is 26.2 Å². The number of urea groups is 1. The molecule has 1 aromatic heterocycles. The van der Waals surface area contributed by atoms with E-state index in [-0.39, 0.29) is 13.0 Å². The minimum Gasteiger partial charge on any atom is -0.480 e. The van der Waals surface area contributed by atoms with Gasteiger partial charge in [-0.05, 0) is 15.9 Å². The molecule has 1 aliphatic heterocycles. The number of carbonyl (C=O) groups is 2. The summed E-state index contributed by atoms with van der Waals surface area (Å²) in [6.45, 7) is 0.00927. The number of aromatic nitrogens is 1. The van der Waals surface area contributed by atoms with Crippen LogP contribution in [0.5, 0.6) is 0 Å². The van der Waals surface area contributed by atoms with Gasteiger partial charge in [0.2, 0.25) is 0 Å². The van der Waals surface area contributed by atoms with Gasteiger partial charge >= 0.3 is 12.0 Å². The number of carbonyl (C=O) groups excluding carboxylic acids is 1. The largest absolute Gasteiger partial charge is 0.480 e. The zero-order valence-electron chi connectivity index (χ0n) is 9.04. The summed E-state index contributed by atoms with van der Waals surface area (Å²) in [4.78, 5) is 27.9. The number of amides is 2. The van der Waals surface area contributed by atoms with Crippen LogP contribution in [-0.2, 0) is 4.79 Å². The molecule has 1 saturated heterocycles. The highest BCUT2D eigenvalue weighted by atomic mass is 79.9. The summed E-state index contributed by atoms with van der Waals surface area (Å²) < 4.78 is 0.758. The lowest BCUT2D eigenvalue weighted by molar-refractivity contribution is -0.141. The van der Waals surface area contributed by atoms with Gasteiger partial charge in [0.1, 0.15) is 6.04 Å². The van der Waals surface area contributed by atoms with Gasteiger partial charge in [-0.2, -0.15) is 0 Å². The monoisotopic (exact) mass is 335 g/mol. The van der Waals surface area contributed by atoms with Crippen molar-refractivity contribution in [1.82, 2.24) is 9.88 Å². The molecule has 18 heavy (non-hydrogen) atoms. The molecule has 1 aliphatic rings. The molecule has 1 aromatic rings. The SMILES string of the molecule is O=C(O)[C@@H]1CC(O)CN1C(=O)Nc1ncc(Br)s1. The number of rotatable bonds is 2. The second kappa shape index (κ2) is 5.21. The first kappa shape index (κ1) is 13.2. The van der Waals surface area contributed by atoms with E-state index in [1.54, 1.807) is 0 Å². The summed E-state index contributed by atoms with van der Waals surface area (Å²) in [5, 5.41) is 21.3. The summed E-state index contributed by atoms with van der Waals surface area (Å²) in [6, 6.07) is -1.57. The van der Waals surface area contributed by atoms with Crippen molar-refractivity contribution < 1.29 is 19.8 Å². The fourth-order valence-corrected chi connectivity index (χ4v) is 2.84. The van der Waals surface area contributed by atoms with E-state index >= 15 is 0 Å². The molecule has 2 heterocycles. The minimum atomic E-state index is -1.12. The number of likely N-dealkylation sites (tertiary alicyclic amines) is 1. The molecule has 0 aliphatic carbocycles. The van der Waals surface area contributed by atoms with Crippen molar-refractivity contribution in [2.45, 2.75) is 18.6 Å². The molecule has 3 N–H and O–H groups in total. The molecule has 1 fully saturated rings. The number of aliphatic carboxylic acids is 1. The number of anilines is 1. The molecule has 2 atom stereocenters. The quantitative estimate of drug-likeness (QED) is 0.746. The second-order valence-electron chi connectivity index (χ2n) is 3.80. The number of aliphatic hydroxyl groups is 1. The van der Waals surface area contributed by atoms with Gasteiger partial charge in [0, 0.05) is 13.0 Å². The van der Waals surface area contributed by atoms with E-state index in [0.717, 1.165) is 8.69 Å². The Bertz CT molecular complexity index is 480. The molecule has 0 radical (unpaired) electrons. The van der Waals surface area contributed by atoms with E-state index in [0.29, 0.717) is 5.13 Å². The molecule has 7 nitrogen and oxygen atoms in total. The highest BCUT2D eigenvalue weighted by Gasteiger charge is 2.39. The Kier molecular flexibility index (Phi) is 3.83. The van der Waals surface area contributed by atoms with Crippen LogP contribution in [0.4, 0.5) is 9.93 Å². The minimum absolute atomic E-state index is 0.00927. The van der Waals surface area contributed by atoms with Crippen molar-refractivity contribution in [2.24, 2.45) is 0 Å². The average molecular weight is 336 g/mol. The first-order valence-corrected chi connectivity index (χ1v) is 6.68. The average Bonchev–Trinajstić information content (AvgIpc) is 2.85. The van der Waals surface area contributed by atoms with Crippen molar-refractivity contribution in [3.05, 3.63) is 9.98 Å². The molecule has 1 unspecified atom stereocenters. The highest BCUT2D eigenvalue weighted by Crippen LogP contribution is 2.25. The molecule has 0 aromatic carbocycles. The number of halogens is 1. The van der Waals surface area contributed by atoms with Crippen LogP contribution >= 0.6 is 27.3 Å². The fourth-order valence-electron chi connectivity index (χ4n) is 1.75. The summed E-state index contributed by atoms with van der Waals surface area (Å²) in [7, 11) is 0. The van der Waals surface area contributed by atoms with Gasteiger partial charge in [-0.25, -0.2) is 14.6 Å². The fraction of sp³-hybridized carbons (Fsp3) is 0.444. The van der Waals surface area contributed by atoms with E-state index in [9.17, 15) is 14.7 Å². The molecule has 0 saturated carbocycles. The maximum absolute atomic E-state index is 11.9. The summed E-state index contributed by atoms with van der Waals surface area (Å²) in [5.74, 6) is -1.12. The second-order valence-corrected chi connectivity index (χ2v) is 6.21. The third-order valence-corrected chi connectivity index (χ3v) is 3.91. The molecule has 9 heteroatoms. The molecular weight excluding hydrogens is 326 g/mol. The highest BCUT2D eigenvalue weighted by molar-refractivity contribution is 9.11. The number of aliphatic hydroxyl groups excluding tert-OH is 1. The molecule has 2 rings (SSSR count). The van der Waals surface area contributed by atoms with Crippen LogP contribution in [0.25, 0.3) is 0 Å². The maximum atomic E-state index is 11.9. The van der Waals surface area contributed by atoms with Crippen LogP contribution < -0.4 is 5.32 Å². The number of hydrogen-bond donors (Lipinski definition) is 3. The van der Waals surface area contributed by atoms with E-state index < -0.39 is 24.1 Å². The number of thiazole rings is 1. The van der Waals surface area contributed by atoms with Gasteiger partial charge in [-0.15, -0.1) is 0 Å². The van der Waals surface area contributed by atoms with Crippen LogP contribution in [0.15, 0.2) is 9.98 Å². The number of carboxylic acid groups (broad SMARTS) is 1. The van der Waals surface area contributed by atoms with Crippen LogP contribution in [0.2, 0.25) is 0 Å². The Balaban J connectivity index is 2.06. The molecule has 0 bridgehead atoms. The van der Waals surface area contributed by atoms with Crippen molar-refractivity contribution >= 4 is 44.4 Å². The molecule has 0 spiro atoms. The topological polar surface area (TPSA) is 103 Å². The molecule has 98 valence electrons. The van der Waals surface area contributed by atoms with Crippen molar-refractivity contribution in [2.75, 3.05) is 11.9 Å². The smallest absolute Gasteiger partial charge is 0.326 e. The molecule has 2 amide bonds. The predicted octanol–water partition coefficient (Wildman–Crippen LogP) is 0.957. The normalized spacial score (nSPS) is 23.1. The predicted molar refractivity (Wildman–Crippen MR) is 67.6 cm³/mol. The number of nitrogens with zero attached hydrogens (tertiary/aromatic N) is 2. The van der Waals surface area contributed by atoms with E-state index in [4.69, 9.17) is 5.11 Å². The summed E-state index contributed by atoms with van der Waals surface area (Å²) in [5.41, 5.74) is 0. The Morgan fingerprint density at radius 3 is 2.89 bits per heavy atom. The summed E-state index contributed by atoms with van der Waals surface area (Å²) in [6.07, 6.45) is 0.776. The van der Waals surface area contributed by atoms with Crippen LogP contribution in [0.1, 0.15) is 6.42 Å². The van der Waals surface area contributed by atoms with E-state index in [1.807, 2.05) is 0 Å². The standard InChI is InChI=1S/C9H10BrN3O4S/c10-6-2-11-8(18-6)12-9(17)13-3-4(14)1-5(13)7(15)16/h2,4-5,14H,1,3H2,(H,15,16)(H,11,12,17)/t4?,5-/m0/s1. The first-order chi connectivity index (χ1) is 8.47. The number of β-amino-alcohol motifs (C(OH)–C–C–N with tert-alkyl or cyclic N) is 1. The van der Waals surface area contributed by atoms with E-state index in [1.165, 1.54) is 17.5 Å². The van der Waals surface area contributed by atoms with Gasteiger partial charge in [-0.3, -0.25) is 5.32 Å². The Labute approximate surface area is 115 Å². The van der Waals surface area contributed by atoms with Crippen LogP contribution in [0, 0.1) is 0 Å². The zero-order valence-corrected chi connectivity index (χ0v) is 11.4. The lowest BCUT2D eigenvalue weighted by Crippen LogP contribution is -2.43. The van der Waals surface area contributed by atoms with Crippen molar-refractivity contribution in [1.29, 1.82) is 0 Å². The van der Waals surface area contributed by atoms with Crippen molar-refractivity contribution in [3.8, 4) is 0 Å². The lowest BCUT2D eigenvalue weighted by Gasteiger charge is -2.20. The number of nitrogens with one attached hydrogen (secondary N) is 1. The van der Waals surface area contributed by atoms with Gasteiger partial charge in [0.25, 0.3) is 0 Å². The van der Waals surface area contributed by atoms with Gasteiger partial charge in [0.05, 0.1) is 16.1 Å². The summed E-state index contributed by atoms with van der Waals surface area (Å²) >= 11 is 4.43. The Morgan fingerprint density at radius 2 is 2.33 bits per heavy atom. The third-order valence-electron chi connectivity index (χ3n) is 2.52. The number of carboxylic acids is 1. The van der Waals surface area contributed by atoms with Crippen LogP contribution in [-0.4, -0.2) is 50.8 Å². The maximum Gasteiger partial charge on any atom is 0.326 e. The first-order valence-electron chi connectivity index (χ1n) is 5.07. The third kappa shape index (κ3) is 2.79. The van der Waals surface area contributed by atoms with Crippen molar-refractivity contribution in [3.63, 3.8) is 0 Å². The Morgan fingerprint density at radius 1 is 1.61 bits per heavy atom. The van der Waals surface area contributed by atoms with Gasteiger partial charge < -0.3 is 15.1 Å².